The number of likely N-dealkylation sites (tertiary alicyclic amines) is 2. The van der Waals surface area contributed by atoms with Crippen LogP contribution < -0.4 is 10.6 Å². The summed E-state index contributed by atoms with van der Waals surface area (Å²) in [6.07, 6.45) is 5.13. The van der Waals surface area contributed by atoms with E-state index in [4.69, 9.17) is 9.05 Å². The van der Waals surface area contributed by atoms with E-state index < -0.39 is 0 Å². The highest BCUT2D eigenvalue weighted by molar-refractivity contribution is 5.61. The third-order valence-electron chi connectivity index (χ3n) is 7.86. The molecule has 13 heteroatoms. The number of pyridine rings is 3. The summed E-state index contributed by atoms with van der Waals surface area (Å²) in [6, 6.07) is 16.9. The Morgan fingerprint density at radius 1 is 0.523 bits per heavy atom. The topological polar surface area (TPSA) is 147 Å². The SMILES string of the molecule is c1cc(-c2noc(-c3cccc(NCCN4CCCC4)n3)n2)nc(-c2noc(-c3cccc(NCCN4CCCC4)n3)n2)c1. The molecule has 5 aromatic heterocycles. The van der Waals surface area contributed by atoms with Crippen LogP contribution in [-0.4, -0.2) is 97.4 Å². The lowest BCUT2D eigenvalue weighted by atomic mass is 10.2. The van der Waals surface area contributed by atoms with E-state index in [1.165, 1.54) is 51.9 Å². The van der Waals surface area contributed by atoms with Crippen LogP contribution >= 0.6 is 0 Å². The van der Waals surface area contributed by atoms with Crippen LogP contribution in [0.1, 0.15) is 25.7 Å². The molecule has 0 saturated carbocycles. The molecule has 5 aromatic rings. The van der Waals surface area contributed by atoms with Gasteiger partial charge >= 0.3 is 0 Å². The highest BCUT2D eigenvalue weighted by atomic mass is 16.5. The van der Waals surface area contributed by atoms with Crippen LogP contribution in [0, 0.1) is 0 Å². The van der Waals surface area contributed by atoms with E-state index in [1.54, 1.807) is 0 Å². The first kappa shape index (κ1) is 28.0. The standard InChI is InChI=1S/C31H35N11O2/c1-2-17-41(16-1)20-14-32-26-12-6-10-24(35-26)30-37-28(39-43-30)22-8-5-9-23(34-22)29-38-31(44-40-29)25-11-7-13-27(36-25)33-15-21-42-18-3-4-19-42/h5-13H,1-4,14-21H2,(H,32,35)(H,33,36). The lowest BCUT2D eigenvalue weighted by Crippen LogP contribution is -2.26. The minimum absolute atomic E-state index is 0.317. The smallest absolute Gasteiger partial charge is 0.276 e. The molecule has 0 atom stereocenters. The molecular weight excluding hydrogens is 558 g/mol. The Kier molecular flexibility index (Phi) is 8.46. The summed E-state index contributed by atoms with van der Waals surface area (Å²) in [5.74, 6) is 2.86. The Bertz CT molecular complexity index is 1560. The van der Waals surface area contributed by atoms with Gasteiger partial charge in [0.05, 0.1) is 0 Å². The number of rotatable bonds is 12. The molecule has 0 aliphatic carbocycles. The van der Waals surface area contributed by atoms with E-state index in [0.29, 0.717) is 46.2 Å². The molecule has 226 valence electrons. The third kappa shape index (κ3) is 6.74. The van der Waals surface area contributed by atoms with Crippen molar-refractivity contribution in [3.05, 3.63) is 54.6 Å². The van der Waals surface area contributed by atoms with Crippen LogP contribution in [0.15, 0.2) is 63.6 Å². The normalized spacial score (nSPS) is 15.6. The van der Waals surface area contributed by atoms with Gasteiger partial charge in [0.2, 0.25) is 11.6 Å². The highest BCUT2D eigenvalue weighted by Crippen LogP contribution is 2.25. The second-order valence-corrected chi connectivity index (χ2v) is 11.0. The molecule has 0 spiro atoms. The van der Waals surface area contributed by atoms with Crippen molar-refractivity contribution < 1.29 is 9.05 Å². The molecule has 0 radical (unpaired) electrons. The highest BCUT2D eigenvalue weighted by Gasteiger charge is 2.18. The largest absolute Gasteiger partial charge is 0.369 e. The molecule has 2 fully saturated rings. The van der Waals surface area contributed by atoms with Gasteiger partial charge in [-0.25, -0.2) is 15.0 Å². The Morgan fingerprint density at radius 2 is 0.955 bits per heavy atom. The van der Waals surface area contributed by atoms with Crippen LogP contribution in [0.5, 0.6) is 0 Å². The zero-order valence-electron chi connectivity index (χ0n) is 24.5. The second kappa shape index (κ2) is 13.3. The van der Waals surface area contributed by atoms with E-state index in [0.717, 1.165) is 37.8 Å². The zero-order chi connectivity index (χ0) is 29.6. The number of hydrogen-bond donors (Lipinski definition) is 2. The van der Waals surface area contributed by atoms with Gasteiger partial charge in [0.15, 0.2) is 0 Å². The Morgan fingerprint density at radius 3 is 1.43 bits per heavy atom. The van der Waals surface area contributed by atoms with Gasteiger partial charge in [-0.1, -0.05) is 28.5 Å². The first-order valence-electron chi connectivity index (χ1n) is 15.3. The minimum Gasteiger partial charge on any atom is -0.369 e. The van der Waals surface area contributed by atoms with Crippen LogP contribution in [-0.2, 0) is 0 Å². The molecule has 2 saturated heterocycles. The van der Waals surface area contributed by atoms with Crippen LogP contribution in [0.4, 0.5) is 11.6 Å². The summed E-state index contributed by atoms with van der Waals surface area (Å²) in [5, 5.41) is 15.1. The number of aromatic nitrogens is 7. The quantitative estimate of drug-likeness (QED) is 0.212. The zero-order valence-corrected chi connectivity index (χ0v) is 24.5. The minimum atomic E-state index is 0.317. The van der Waals surface area contributed by atoms with Crippen molar-refractivity contribution >= 4 is 11.6 Å². The van der Waals surface area contributed by atoms with E-state index in [-0.39, 0.29) is 0 Å². The molecule has 2 aliphatic rings. The van der Waals surface area contributed by atoms with E-state index in [1.807, 2.05) is 54.6 Å². The Hall–Kier alpha value is -4.75. The average Bonchev–Trinajstić information content (AvgIpc) is 3.90. The molecule has 44 heavy (non-hydrogen) atoms. The van der Waals surface area contributed by atoms with E-state index in [2.05, 4.69) is 55.7 Å². The number of anilines is 2. The van der Waals surface area contributed by atoms with Crippen LogP contribution in [0.3, 0.4) is 0 Å². The maximum Gasteiger partial charge on any atom is 0.276 e. The van der Waals surface area contributed by atoms with Crippen molar-refractivity contribution in [3.8, 4) is 46.2 Å². The second-order valence-electron chi connectivity index (χ2n) is 11.0. The summed E-state index contributed by atoms with van der Waals surface area (Å²) in [7, 11) is 0. The summed E-state index contributed by atoms with van der Waals surface area (Å²) in [4.78, 5) is 28.0. The first-order chi connectivity index (χ1) is 21.8. The van der Waals surface area contributed by atoms with Crippen molar-refractivity contribution in [2.24, 2.45) is 0 Å². The van der Waals surface area contributed by atoms with Gasteiger partial charge in [-0.2, -0.15) is 9.97 Å². The molecule has 0 aromatic carbocycles. The summed E-state index contributed by atoms with van der Waals surface area (Å²) in [6.45, 7) is 8.35. The number of nitrogens with one attached hydrogen (secondary N) is 2. The van der Waals surface area contributed by atoms with Crippen molar-refractivity contribution in [2.75, 3.05) is 63.0 Å². The van der Waals surface area contributed by atoms with Crippen molar-refractivity contribution in [1.82, 2.24) is 45.0 Å². The Balaban J connectivity index is 1.01. The van der Waals surface area contributed by atoms with Crippen molar-refractivity contribution in [2.45, 2.75) is 25.7 Å². The van der Waals surface area contributed by atoms with Gasteiger partial charge in [0.25, 0.3) is 11.8 Å². The Labute approximate surface area is 255 Å². The predicted molar refractivity (Wildman–Crippen MR) is 166 cm³/mol. The molecule has 2 N–H and O–H groups in total. The molecule has 7 heterocycles. The number of hydrogen-bond acceptors (Lipinski definition) is 13. The van der Waals surface area contributed by atoms with Gasteiger partial charge in [-0.15, -0.1) is 0 Å². The molecular formula is C31H35N11O2. The lowest BCUT2D eigenvalue weighted by molar-refractivity contribution is 0.352. The fourth-order valence-corrected chi connectivity index (χ4v) is 5.55. The maximum absolute atomic E-state index is 5.56. The summed E-state index contributed by atoms with van der Waals surface area (Å²) >= 11 is 0. The van der Waals surface area contributed by atoms with E-state index >= 15 is 0 Å². The maximum atomic E-state index is 5.56. The number of nitrogens with zero attached hydrogens (tertiary/aromatic N) is 9. The summed E-state index contributed by atoms with van der Waals surface area (Å²) < 4.78 is 11.1. The average molecular weight is 594 g/mol. The fraction of sp³-hybridized carbons (Fsp3) is 0.387. The molecule has 13 nitrogen and oxygen atoms in total. The molecule has 0 amide bonds. The lowest BCUT2D eigenvalue weighted by Gasteiger charge is -2.15. The van der Waals surface area contributed by atoms with Gasteiger partial charge < -0.3 is 29.5 Å². The first-order valence-corrected chi connectivity index (χ1v) is 15.3. The van der Waals surface area contributed by atoms with Gasteiger partial charge in [-0.05, 0) is 88.3 Å². The van der Waals surface area contributed by atoms with Crippen LogP contribution in [0.25, 0.3) is 46.2 Å². The van der Waals surface area contributed by atoms with Crippen molar-refractivity contribution in [3.63, 3.8) is 0 Å². The molecule has 0 bridgehead atoms. The fourth-order valence-electron chi connectivity index (χ4n) is 5.55. The van der Waals surface area contributed by atoms with Gasteiger partial charge in [0.1, 0.15) is 34.4 Å². The molecule has 0 unspecified atom stereocenters. The third-order valence-corrected chi connectivity index (χ3v) is 7.86. The predicted octanol–water partition coefficient (Wildman–Crippen LogP) is 4.32. The summed E-state index contributed by atoms with van der Waals surface area (Å²) in [5.41, 5.74) is 2.22. The monoisotopic (exact) mass is 593 g/mol. The van der Waals surface area contributed by atoms with Crippen molar-refractivity contribution in [1.29, 1.82) is 0 Å². The molecule has 2 aliphatic heterocycles. The molecule has 7 rings (SSSR count). The van der Waals surface area contributed by atoms with Gasteiger partial charge in [-0.3, -0.25) is 0 Å². The van der Waals surface area contributed by atoms with Gasteiger partial charge in [0, 0.05) is 26.2 Å². The van der Waals surface area contributed by atoms with E-state index in [9.17, 15) is 0 Å². The van der Waals surface area contributed by atoms with Crippen LogP contribution in [0.2, 0.25) is 0 Å².